The van der Waals surface area contributed by atoms with E-state index in [-0.39, 0.29) is 40.2 Å². The summed E-state index contributed by atoms with van der Waals surface area (Å²) in [6.07, 6.45) is -0.304. The normalized spacial score (nSPS) is 20.3. The zero-order valence-electron chi connectivity index (χ0n) is 21.2. The quantitative estimate of drug-likeness (QED) is 0.158. The van der Waals surface area contributed by atoms with Gasteiger partial charge in [0.15, 0.2) is 11.6 Å². The minimum atomic E-state index is -2.90. The lowest BCUT2D eigenvalue weighted by Crippen LogP contribution is -2.40. The Hall–Kier alpha value is -3.64. The second kappa shape index (κ2) is 11.0. The number of benzene rings is 3. The van der Waals surface area contributed by atoms with Crippen LogP contribution < -0.4 is 9.80 Å². The summed E-state index contributed by atoms with van der Waals surface area (Å²) in [7, 11) is 0. The van der Waals surface area contributed by atoms with Gasteiger partial charge in [0.1, 0.15) is 15.7 Å². The summed E-state index contributed by atoms with van der Waals surface area (Å²) < 4.78 is 58.4. The predicted molar refractivity (Wildman–Crippen MR) is 146 cm³/mol. The van der Waals surface area contributed by atoms with Crippen LogP contribution in [0.25, 0.3) is 0 Å². The number of rotatable bonds is 6. The Labute approximate surface area is 241 Å². The first-order valence-corrected chi connectivity index (χ1v) is 13.4. The minimum absolute atomic E-state index is 0.0776. The van der Waals surface area contributed by atoms with Gasteiger partial charge in [-0.1, -0.05) is 35.3 Å². The van der Waals surface area contributed by atoms with Gasteiger partial charge in [-0.2, -0.15) is 0 Å². The highest BCUT2D eigenvalue weighted by Gasteiger charge is 2.39. The maximum Gasteiger partial charge on any atom is 0.288 e. The fourth-order valence-electron chi connectivity index (χ4n) is 5.64. The Kier molecular flexibility index (Phi) is 7.73. The molecule has 2 heterocycles. The first kappa shape index (κ1) is 28.9. The highest BCUT2D eigenvalue weighted by molar-refractivity contribution is 6.33. The van der Waals surface area contributed by atoms with Gasteiger partial charge in [-0.25, -0.2) is 17.6 Å². The zero-order chi connectivity index (χ0) is 29.6. The van der Waals surface area contributed by atoms with Gasteiger partial charge in [-0.15, -0.1) is 0 Å². The highest BCUT2D eigenvalue weighted by Crippen LogP contribution is 2.49. The van der Waals surface area contributed by atoms with E-state index >= 15 is 8.78 Å². The van der Waals surface area contributed by atoms with Crippen LogP contribution in [0, 0.1) is 31.9 Å². The molecule has 216 valence electrons. The zero-order valence-corrected chi connectivity index (χ0v) is 22.7. The molecule has 0 bridgehead atoms. The smallest absolute Gasteiger partial charge is 0.288 e. The van der Waals surface area contributed by atoms with Crippen molar-refractivity contribution in [1.82, 2.24) is 0 Å². The van der Waals surface area contributed by atoms with Crippen LogP contribution in [0.3, 0.4) is 0 Å². The van der Waals surface area contributed by atoms with Crippen molar-refractivity contribution in [2.24, 2.45) is 0 Å². The van der Waals surface area contributed by atoms with Crippen LogP contribution in [0.4, 0.5) is 40.3 Å². The molecule has 0 aromatic heterocycles. The summed E-state index contributed by atoms with van der Waals surface area (Å²) in [6.45, 7) is -0.448. The Morgan fingerprint density at radius 2 is 1.22 bits per heavy atom. The van der Waals surface area contributed by atoms with E-state index in [0.717, 1.165) is 12.1 Å². The molecular formula is C27H22Cl2F4N4O4. The van der Waals surface area contributed by atoms with Crippen molar-refractivity contribution in [3.05, 3.63) is 102 Å². The first-order chi connectivity index (χ1) is 19.4. The number of hydrogen-bond donors (Lipinski definition) is 0. The Balaban J connectivity index is 1.60. The molecule has 2 aliphatic heterocycles. The van der Waals surface area contributed by atoms with Gasteiger partial charge in [0, 0.05) is 43.8 Å². The molecule has 8 nitrogen and oxygen atoms in total. The summed E-state index contributed by atoms with van der Waals surface area (Å²) in [4.78, 5) is 24.7. The van der Waals surface area contributed by atoms with E-state index in [4.69, 9.17) is 23.2 Å². The highest BCUT2D eigenvalue weighted by atomic mass is 35.5. The number of alkyl halides is 2. The lowest BCUT2D eigenvalue weighted by molar-refractivity contribution is -0.384. The number of nitro groups is 2. The summed E-state index contributed by atoms with van der Waals surface area (Å²) in [5, 5.41) is 23.0. The van der Waals surface area contributed by atoms with Gasteiger partial charge in [0.05, 0.1) is 21.9 Å². The van der Waals surface area contributed by atoms with Crippen molar-refractivity contribution in [3.63, 3.8) is 0 Å². The van der Waals surface area contributed by atoms with Crippen molar-refractivity contribution >= 4 is 46.0 Å². The topological polar surface area (TPSA) is 92.8 Å². The molecule has 14 heteroatoms. The summed E-state index contributed by atoms with van der Waals surface area (Å²) in [5.74, 6) is -4.82. The van der Waals surface area contributed by atoms with Crippen LogP contribution in [0.15, 0.2) is 48.5 Å². The third-order valence-corrected chi connectivity index (χ3v) is 8.24. The Bertz CT molecular complexity index is 1440. The van der Waals surface area contributed by atoms with Crippen molar-refractivity contribution in [3.8, 4) is 0 Å². The SMILES string of the molecule is O=[N+]([O-])c1cc(C2CCC(c3ccc(Cl)c([N+](=O)[O-])c3)N2c2cc(F)c(N3CCC(F)(F)CC3)c(F)c2)ccc1Cl. The molecular weight excluding hydrogens is 591 g/mol. The molecule has 0 amide bonds. The molecule has 0 saturated carbocycles. The van der Waals surface area contributed by atoms with Gasteiger partial charge in [-0.05, 0) is 48.2 Å². The van der Waals surface area contributed by atoms with Crippen molar-refractivity contribution < 1.29 is 27.4 Å². The van der Waals surface area contributed by atoms with Crippen LogP contribution in [0.5, 0.6) is 0 Å². The lowest BCUT2D eigenvalue weighted by Gasteiger charge is -2.36. The molecule has 2 aliphatic rings. The van der Waals surface area contributed by atoms with Gasteiger partial charge in [-0.3, -0.25) is 20.2 Å². The van der Waals surface area contributed by atoms with Crippen LogP contribution in [-0.2, 0) is 0 Å². The number of nitro benzene ring substituents is 2. The number of nitrogens with zero attached hydrogens (tertiary/aromatic N) is 4. The van der Waals surface area contributed by atoms with Crippen LogP contribution in [-0.4, -0.2) is 28.9 Å². The van der Waals surface area contributed by atoms with Crippen LogP contribution in [0.2, 0.25) is 10.0 Å². The molecule has 0 radical (unpaired) electrons. The molecule has 2 saturated heterocycles. The number of halogens is 6. The Morgan fingerprint density at radius 3 is 1.63 bits per heavy atom. The fraction of sp³-hybridized carbons (Fsp3) is 0.333. The molecule has 0 N–H and O–H groups in total. The van der Waals surface area contributed by atoms with E-state index < -0.39 is 58.0 Å². The maximum atomic E-state index is 15.5. The van der Waals surface area contributed by atoms with E-state index in [0.29, 0.717) is 24.0 Å². The molecule has 0 aliphatic carbocycles. The van der Waals surface area contributed by atoms with Crippen molar-refractivity contribution in [2.45, 2.75) is 43.7 Å². The average molecular weight is 613 g/mol. The minimum Gasteiger partial charge on any atom is -0.366 e. The number of piperidine rings is 1. The van der Waals surface area contributed by atoms with E-state index in [2.05, 4.69) is 0 Å². The third kappa shape index (κ3) is 5.62. The molecule has 3 aromatic rings. The molecule has 3 aromatic carbocycles. The standard InChI is InChI=1S/C27H22Cl2F4N4O4/c28-18-3-1-15(11-24(18)36(38)39)22-5-6-23(16-2-4-19(29)25(12-16)37(40)41)35(22)17-13-20(30)26(21(31)14-17)34-9-7-27(32,33)8-10-34/h1-4,11-14,22-23H,5-10H2. The number of hydrogen-bond acceptors (Lipinski definition) is 6. The van der Waals surface area contributed by atoms with E-state index in [1.54, 1.807) is 17.0 Å². The maximum absolute atomic E-state index is 15.5. The third-order valence-electron chi connectivity index (χ3n) is 7.60. The second-order valence-electron chi connectivity index (χ2n) is 10.1. The van der Waals surface area contributed by atoms with E-state index in [1.165, 1.54) is 29.2 Å². The van der Waals surface area contributed by atoms with Crippen LogP contribution in [0.1, 0.15) is 48.9 Å². The molecule has 2 fully saturated rings. The summed E-state index contributed by atoms with van der Waals surface area (Å²) in [5.41, 5.74) is -0.117. The molecule has 5 rings (SSSR count). The predicted octanol–water partition coefficient (Wildman–Crippen LogP) is 8.41. The van der Waals surface area contributed by atoms with E-state index in [9.17, 15) is 29.0 Å². The molecule has 41 heavy (non-hydrogen) atoms. The van der Waals surface area contributed by atoms with E-state index in [1.807, 2.05) is 0 Å². The lowest BCUT2D eigenvalue weighted by atomic mass is 10.0. The largest absolute Gasteiger partial charge is 0.366 e. The van der Waals surface area contributed by atoms with Crippen molar-refractivity contribution in [1.29, 1.82) is 0 Å². The van der Waals surface area contributed by atoms with Gasteiger partial charge in [0.25, 0.3) is 17.3 Å². The Morgan fingerprint density at radius 1 is 0.780 bits per heavy atom. The van der Waals surface area contributed by atoms with Gasteiger partial charge < -0.3 is 9.80 Å². The second-order valence-corrected chi connectivity index (χ2v) is 10.9. The fourth-order valence-corrected chi connectivity index (χ4v) is 6.01. The number of anilines is 2. The molecule has 2 unspecified atom stereocenters. The average Bonchev–Trinajstić information content (AvgIpc) is 3.34. The van der Waals surface area contributed by atoms with Gasteiger partial charge >= 0.3 is 0 Å². The first-order valence-electron chi connectivity index (χ1n) is 12.6. The summed E-state index contributed by atoms with van der Waals surface area (Å²) in [6, 6.07) is 9.41. The molecule has 2 atom stereocenters. The summed E-state index contributed by atoms with van der Waals surface area (Å²) >= 11 is 12.0. The molecule has 0 spiro atoms. The monoisotopic (exact) mass is 612 g/mol. The van der Waals surface area contributed by atoms with Crippen molar-refractivity contribution in [2.75, 3.05) is 22.9 Å². The van der Waals surface area contributed by atoms with Crippen LogP contribution >= 0.6 is 23.2 Å². The van der Waals surface area contributed by atoms with Gasteiger partial charge in [0.2, 0.25) is 0 Å².